The Morgan fingerprint density at radius 3 is 2.58 bits per heavy atom. The van der Waals surface area contributed by atoms with E-state index in [4.69, 9.17) is 14.2 Å². The number of esters is 1. The average Bonchev–Trinajstić information content (AvgIpc) is 2.60. The van der Waals surface area contributed by atoms with E-state index in [9.17, 15) is 9.59 Å². The van der Waals surface area contributed by atoms with E-state index in [1.807, 2.05) is 18.2 Å². The zero-order valence-electron chi connectivity index (χ0n) is 13.6. The summed E-state index contributed by atoms with van der Waals surface area (Å²) in [5.41, 5.74) is 1.56. The molecular weight excluding hydrogens is 310 g/mol. The maximum Gasteiger partial charge on any atom is 0.411 e. The fourth-order valence-corrected chi connectivity index (χ4v) is 2.06. The molecule has 2 aromatic rings. The highest BCUT2D eigenvalue weighted by molar-refractivity contribution is 5.92. The minimum Gasteiger partial charge on any atom is -0.496 e. The second kappa shape index (κ2) is 8.57. The predicted molar refractivity (Wildman–Crippen MR) is 89.2 cm³/mol. The van der Waals surface area contributed by atoms with Crippen LogP contribution in [0.25, 0.3) is 0 Å². The van der Waals surface area contributed by atoms with Crippen LogP contribution in [0.2, 0.25) is 0 Å². The third-order valence-electron chi connectivity index (χ3n) is 3.17. The van der Waals surface area contributed by atoms with E-state index in [1.54, 1.807) is 38.3 Å². The van der Waals surface area contributed by atoms with Gasteiger partial charge in [0, 0.05) is 11.3 Å². The molecule has 2 rings (SSSR count). The highest BCUT2D eigenvalue weighted by Crippen LogP contribution is 2.19. The summed E-state index contributed by atoms with van der Waals surface area (Å²) in [4.78, 5) is 23.6. The summed E-state index contributed by atoms with van der Waals surface area (Å²) in [6, 6.07) is 13.8. The van der Waals surface area contributed by atoms with E-state index in [0.717, 1.165) is 5.56 Å². The number of methoxy groups -OCH3 is 1. The molecule has 24 heavy (non-hydrogen) atoms. The normalized spacial score (nSPS) is 9.92. The summed E-state index contributed by atoms with van der Waals surface area (Å²) in [5, 5.41) is 2.54. The third kappa shape index (κ3) is 4.74. The zero-order chi connectivity index (χ0) is 17.4. The first-order valence-corrected chi connectivity index (χ1v) is 7.47. The molecule has 0 radical (unpaired) electrons. The Labute approximate surface area is 140 Å². The summed E-state index contributed by atoms with van der Waals surface area (Å²) >= 11 is 0. The van der Waals surface area contributed by atoms with Crippen molar-refractivity contribution in [2.75, 3.05) is 19.0 Å². The summed E-state index contributed by atoms with van der Waals surface area (Å²) in [6.45, 7) is 2.08. The largest absolute Gasteiger partial charge is 0.496 e. The first-order chi connectivity index (χ1) is 11.6. The van der Waals surface area contributed by atoms with Crippen molar-refractivity contribution < 1.29 is 23.8 Å². The molecule has 2 aromatic carbocycles. The highest BCUT2D eigenvalue weighted by Gasteiger charge is 2.11. The van der Waals surface area contributed by atoms with Crippen LogP contribution >= 0.6 is 0 Å². The monoisotopic (exact) mass is 329 g/mol. The molecule has 126 valence electrons. The summed E-state index contributed by atoms with van der Waals surface area (Å²) in [5.74, 6) is 0.163. The zero-order valence-corrected chi connectivity index (χ0v) is 13.6. The summed E-state index contributed by atoms with van der Waals surface area (Å²) in [7, 11) is 1.56. The number of anilines is 1. The molecule has 0 aromatic heterocycles. The van der Waals surface area contributed by atoms with E-state index >= 15 is 0 Å². The molecule has 1 N–H and O–H groups in total. The fourth-order valence-electron chi connectivity index (χ4n) is 2.06. The van der Waals surface area contributed by atoms with Gasteiger partial charge in [0.2, 0.25) is 0 Å². The van der Waals surface area contributed by atoms with Gasteiger partial charge in [-0.05, 0) is 31.2 Å². The van der Waals surface area contributed by atoms with Crippen molar-refractivity contribution in [3.8, 4) is 5.75 Å². The third-order valence-corrected chi connectivity index (χ3v) is 3.17. The van der Waals surface area contributed by atoms with Gasteiger partial charge in [-0.1, -0.05) is 24.3 Å². The molecule has 0 aliphatic carbocycles. The number of hydrogen-bond acceptors (Lipinski definition) is 5. The lowest BCUT2D eigenvalue weighted by molar-refractivity contribution is 0.0470. The molecule has 0 aliphatic rings. The number of hydrogen-bond donors (Lipinski definition) is 1. The molecule has 6 heteroatoms. The topological polar surface area (TPSA) is 73.9 Å². The van der Waals surface area contributed by atoms with Gasteiger partial charge < -0.3 is 14.2 Å². The Hall–Kier alpha value is -3.02. The molecule has 0 spiro atoms. The van der Waals surface area contributed by atoms with E-state index in [-0.39, 0.29) is 13.2 Å². The molecule has 0 bridgehead atoms. The first-order valence-electron chi connectivity index (χ1n) is 7.47. The maximum atomic E-state index is 12.2. The van der Waals surface area contributed by atoms with Gasteiger partial charge in [-0.25, -0.2) is 9.59 Å². The Bertz CT molecular complexity index is 714. The van der Waals surface area contributed by atoms with Crippen molar-refractivity contribution in [3.05, 3.63) is 59.7 Å². The maximum absolute atomic E-state index is 12.2. The Morgan fingerprint density at radius 2 is 1.83 bits per heavy atom. The summed E-state index contributed by atoms with van der Waals surface area (Å²) < 4.78 is 15.3. The van der Waals surface area contributed by atoms with Crippen molar-refractivity contribution in [3.63, 3.8) is 0 Å². The number of rotatable bonds is 6. The molecule has 0 unspecified atom stereocenters. The van der Waals surface area contributed by atoms with Gasteiger partial charge >= 0.3 is 12.1 Å². The van der Waals surface area contributed by atoms with E-state index in [2.05, 4.69) is 5.32 Å². The average molecular weight is 329 g/mol. The molecule has 0 atom stereocenters. The van der Waals surface area contributed by atoms with Crippen molar-refractivity contribution in [1.29, 1.82) is 0 Å². The number of amides is 1. The number of benzene rings is 2. The number of carbonyl (C=O) groups excluding carboxylic acids is 2. The molecule has 0 heterocycles. The van der Waals surface area contributed by atoms with Crippen molar-refractivity contribution in [2.45, 2.75) is 13.5 Å². The Morgan fingerprint density at radius 1 is 1.04 bits per heavy atom. The molecule has 0 aliphatic heterocycles. The standard InChI is InChI=1S/C18H19NO5/c1-3-23-18(21)19-15-9-6-8-13(11-15)17(20)24-12-14-7-4-5-10-16(14)22-2/h4-11H,3,12H2,1-2H3,(H,19,21). The van der Waals surface area contributed by atoms with Crippen LogP contribution in [-0.4, -0.2) is 25.8 Å². The lowest BCUT2D eigenvalue weighted by Crippen LogP contribution is -2.14. The van der Waals surface area contributed by atoms with Gasteiger partial charge in [0.25, 0.3) is 0 Å². The molecule has 0 fully saturated rings. The lowest BCUT2D eigenvalue weighted by Gasteiger charge is -2.10. The smallest absolute Gasteiger partial charge is 0.411 e. The Kier molecular flexibility index (Phi) is 6.19. The van der Waals surface area contributed by atoms with Crippen molar-refractivity contribution in [2.24, 2.45) is 0 Å². The quantitative estimate of drug-likeness (QED) is 0.819. The predicted octanol–water partition coefficient (Wildman–Crippen LogP) is 3.62. The van der Waals surface area contributed by atoms with E-state index in [1.165, 1.54) is 6.07 Å². The minimum absolute atomic E-state index is 0.0956. The Balaban J connectivity index is 2.01. The van der Waals surface area contributed by atoms with E-state index in [0.29, 0.717) is 17.0 Å². The van der Waals surface area contributed by atoms with Crippen LogP contribution in [0.3, 0.4) is 0 Å². The summed E-state index contributed by atoms with van der Waals surface area (Å²) in [6.07, 6.45) is -0.572. The molecule has 1 amide bonds. The van der Waals surface area contributed by atoms with Crippen LogP contribution in [0.4, 0.5) is 10.5 Å². The van der Waals surface area contributed by atoms with Gasteiger partial charge in [0.15, 0.2) is 0 Å². The van der Waals surface area contributed by atoms with Crippen LogP contribution in [0, 0.1) is 0 Å². The number of carbonyl (C=O) groups is 2. The van der Waals surface area contributed by atoms with Gasteiger partial charge in [-0.2, -0.15) is 0 Å². The second-order valence-electron chi connectivity index (χ2n) is 4.81. The van der Waals surface area contributed by atoms with Crippen molar-refractivity contribution in [1.82, 2.24) is 0 Å². The van der Waals surface area contributed by atoms with E-state index < -0.39 is 12.1 Å². The van der Waals surface area contributed by atoms with Gasteiger partial charge in [0.05, 0.1) is 19.3 Å². The molecule has 6 nitrogen and oxygen atoms in total. The number of ether oxygens (including phenoxy) is 3. The lowest BCUT2D eigenvalue weighted by atomic mass is 10.2. The number of nitrogens with one attached hydrogen (secondary N) is 1. The SMILES string of the molecule is CCOC(=O)Nc1cccc(C(=O)OCc2ccccc2OC)c1. The van der Waals surface area contributed by atoms with Crippen LogP contribution in [0.5, 0.6) is 5.75 Å². The van der Waals surface area contributed by atoms with Crippen LogP contribution in [-0.2, 0) is 16.1 Å². The van der Waals surface area contributed by atoms with Crippen molar-refractivity contribution >= 4 is 17.7 Å². The van der Waals surface area contributed by atoms with Gasteiger partial charge in [-0.3, -0.25) is 5.32 Å². The van der Waals surface area contributed by atoms with Crippen LogP contribution < -0.4 is 10.1 Å². The number of para-hydroxylation sites is 1. The minimum atomic E-state index is -0.572. The fraction of sp³-hybridized carbons (Fsp3) is 0.222. The van der Waals surface area contributed by atoms with Crippen LogP contribution in [0.15, 0.2) is 48.5 Å². The second-order valence-corrected chi connectivity index (χ2v) is 4.81. The van der Waals surface area contributed by atoms with Gasteiger partial charge in [-0.15, -0.1) is 0 Å². The van der Waals surface area contributed by atoms with Crippen LogP contribution in [0.1, 0.15) is 22.8 Å². The highest BCUT2D eigenvalue weighted by atomic mass is 16.5. The molecule has 0 saturated heterocycles. The van der Waals surface area contributed by atoms with Gasteiger partial charge in [0.1, 0.15) is 12.4 Å². The molecular formula is C18H19NO5. The molecule has 0 saturated carbocycles. The first kappa shape index (κ1) is 17.3.